The van der Waals surface area contributed by atoms with Crippen LogP contribution in [0.15, 0.2) is 10.2 Å². The van der Waals surface area contributed by atoms with Gasteiger partial charge < -0.3 is 9.16 Å². The highest BCUT2D eigenvalue weighted by atomic mass is 28.4. The maximum atomic E-state index is 12.4. The average molecular weight is 387 g/mol. The maximum absolute atomic E-state index is 12.4. The van der Waals surface area contributed by atoms with Crippen LogP contribution in [0.2, 0.25) is 15.1 Å². The van der Waals surface area contributed by atoms with Crippen molar-refractivity contribution >= 4 is 20.5 Å². The van der Waals surface area contributed by atoms with Gasteiger partial charge in [0.25, 0.3) is 8.32 Å². The largest absolute Gasteiger partial charge is 0.499 e. The fourth-order valence-electron chi connectivity index (χ4n) is 4.61. The summed E-state index contributed by atoms with van der Waals surface area (Å²) < 4.78 is 11.0. The van der Waals surface area contributed by atoms with Crippen molar-refractivity contribution in [3.63, 3.8) is 0 Å². The molecule has 26 heavy (non-hydrogen) atoms. The number of azo groups is 1. The van der Waals surface area contributed by atoms with Gasteiger partial charge in [0.1, 0.15) is 0 Å². The minimum atomic E-state index is -2.73. The molecule has 0 saturated carbocycles. The number of hydrogen-bond donors (Lipinski definition) is 0. The molecule has 0 aromatic heterocycles. The Kier molecular flexibility index (Phi) is 8.67. The Labute approximate surface area is 160 Å². The highest BCUT2D eigenvalue weighted by Crippen LogP contribution is 2.62. The second-order valence-electron chi connectivity index (χ2n) is 9.82. The maximum Gasteiger partial charge on any atom is 0.452 e. The number of carbonyl (C=O) groups is 2. The zero-order valence-electron chi connectivity index (χ0n) is 18.4. The summed E-state index contributed by atoms with van der Waals surface area (Å²) in [5.74, 6) is 0. The molecular weight excluding hydrogens is 348 g/mol. The topological polar surface area (TPSA) is 77.3 Å². The van der Waals surface area contributed by atoms with E-state index in [-0.39, 0.29) is 21.7 Å². The third-order valence-corrected chi connectivity index (χ3v) is 11.4. The Morgan fingerprint density at radius 2 is 1.19 bits per heavy atom. The highest BCUT2D eigenvalue weighted by molar-refractivity contribution is 6.83. The molecule has 0 N–H and O–H groups in total. The first-order valence-corrected chi connectivity index (χ1v) is 11.3. The zero-order valence-corrected chi connectivity index (χ0v) is 19.4. The number of unbranched alkanes of at least 4 members (excludes halogenated alkanes) is 2. The molecule has 0 saturated heterocycles. The molecule has 0 spiro atoms. The molecule has 0 heterocycles. The number of nitrogens with zero attached hydrogens (tertiary/aromatic N) is 2. The van der Waals surface area contributed by atoms with Gasteiger partial charge in [0, 0.05) is 0 Å². The molecule has 0 atom stereocenters. The molecule has 0 aliphatic heterocycles. The fraction of sp³-hybridized carbons (Fsp3) is 0.895. The van der Waals surface area contributed by atoms with Crippen molar-refractivity contribution in [1.29, 1.82) is 0 Å². The van der Waals surface area contributed by atoms with Gasteiger partial charge in [-0.1, -0.05) is 92.3 Å². The smallest absolute Gasteiger partial charge is 0.452 e. The third kappa shape index (κ3) is 6.18. The van der Waals surface area contributed by atoms with E-state index in [1.54, 1.807) is 0 Å². The summed E-state index contributed by atoms with van der Waals surface area (Å²) >= 11 is 0. The molecular formula is C19H38N2O4Si. The summed E-state index contributed by atoms with van der Waals surface area (Å²) in [4.78, 5) is 24.0. The second-order valence-corrected chi connectivity index (χ2v) is 15.9. The first-order chi connectivity index (χ1) is 11.6. The van der Waals surface area contributed by atoms with Crippen molar-refractivity contribution < 1.29 is 18.8 Å². The molecule has 0 aliphatic carbocycles. The molecule has 7 heteroatoms. The lowest BCUT2D eigenvalue weighted by molar-refractivity contribution is 0.151. The lowest BCUT2D eigenvalue weighted by Gasteiger charge is -2.56. The van der Waals surface area contributed by atoms with Gasteiger partial charge in [0.2, 0.25) is 0 Å². The summed E-state index contributed by atoms with van der Waals surface area (Å²) in [6.45, 7) is 21.2. The van der Waals surface area contributed by atoms with Crippen molar-refractivity contribution in [2.24, 2.45) is 10.2 Å². The number of rotatable bonds is 5. The van der Waals surface area contributed by atoms with Gasteiger partial charge in [-0.3, -0.25) is 0 Å². The quantitative estimate of drug-likeness (QED) is 0.283. The van der Waals surface area contributed by atoms with E-state index >= 15 is 0 Å². The minimum Gasteiger partial charge on any atom is -0.499 e. The Bertz CT molecular complexity index is 475. The van der Waals surface area contributed by atoms with Crippen LogP contribution in [0.1, 0.15) is 88.5 Å². The monoisotopic (exact) mass is 386 g/mol. The van der Waals surface area contributed by atoms with Crippen LogP contribution in [-0.2, 0) is 9.16 Å². The lowest BCUT2D eigenvalue weighted by Crippen LogP contribution is -2.61. The molecule has 0 aromatic rings. The second kappa shape index (κ2) is 9.11. The average Bonchev–Trinajstić information content (AvgIpc) is 2.43. The number of hydrogen-bond acceptors (Lipinski definition) is 4. The van der Waals surface area contributed by atoms with E-state index in [1.807, 2.05) is 0 Å². The summed E-state index contributed by atoms with van der Waals surface area (Å²) in [5, 5.41) is 6.16. The molecule has 0 radical (unpaired) electrons. The van der Waals surface area contributed by atoms with E-state index in [0.29, 0.717) is 0 Å². The van der Waals surface area contributed by atoms with E-state index in [2.05, 4.69) is 79.5 Å². The summed E-state index contributed by atoms with van der Waals surface area (Å²) in [6, 6.07) is 0. The van der Waals surface area contributed by atoms with E-state index in [9.17, 15) is 9.59 Å². The van der Waals surface area contributed by atoms with Crippen LogP contribution in [0.4, 0.5) is 9.59 Å². The number of amides is 2. The van der Waals surface area contributed by atoms with Crippen LogP contribution in [0.3, 0.4) is 0 Å². The van der Waals surface area contributed by atoms with E-state index in [4.69, 9.17) is 9.16 Å². The van der Waals surface area contributed by atoms with Crippen LogP contribution in [0.5, 0.6) is 0 Å². The van der Waals surface area contributed by atoms with Crippen molar-refractivity contribution in [2.45, 2.75) is 104 Å². The van der Waals surface area contributed by atoms with Gasteiger partial charge in [-0.2, -0.15) is 0 Å². The van der Waals surface area contributed by atoms with Crippen molar-refractivity contribution in [3.8, 4) is 0 Å². The third-order valence-electron chi connectivity index (χ3n) is 4.60. The van der Waals surface area contributed by atoms with Gasteiger partial charge in [-0.15, -0.1) is 0 Å². The van der Waals surface area contributed by atoms with Gasteiger partial charge >= 0.3 is 12.2 Å². The van der Waals surface area contributed by atoms with Crippen LogP contribution < -0.4 is 0 Å². The molecule has 0 fully saturated rings. The first-order valence-electron chi connectivity index (χ1n) is 9.41. The molecule has 2 amide bonds. The highest BCUT2D eigenvalue weighted by Gasteiger charge is 2.64. The van der Waals surface area contributed by atoms with E-state index in [0.717, 1.165) is 19.3 Å². The Morgan fingerprint density at radius 3 is 1.58 bits per heavy atom. The molecule has 0 unspecified atom stereocenters. The SMILES string of the molecule is CCCCCOC(=O)N=NC(=O)O[Si](C(C)(C)C)(C(C)(C)C)C(C)(C)C. The molecule has 0 aromatic carbocycles. The van der Waals surface area contributed by atoms with Crippen molar-refractivity contribution in [3.05, 3.63) is 0 Å². The van der Waals surface area contributed by atoms with Crippen LogP contribution in [0, 0.1) is 0 Å². The van der Waals surface area contributed by atoms with Crippen LogP contribution >= 0.6 is 0 Å². The first kappa shape index (κ1) is 24.8. The molecule has 0 bridgehead atoms. The van der Waals surface area contributed by atoms with Gasteiger partial charge in [0.05, 0.1) is 6.61 Å². The number of carbonyl (C=O) groups excluding carboxylic acids is 2. The molecule has 6 nitrogen and oxygen atoms in total. The molecule has 0 aliphatic rings. The lowest BCUT2D eigenvalue weighted by atomic mass is 10.2. The fourth-order valence-corrected chi connectivity index (χ4v) is 12.6. The Hall–Kier alpha value is -1.24. The predicted molar refractivity (Wildman–Crippen MR) is 107 cm³/mol. The van der Waals surface area contributed by atoms with Gasteiger partial charge in [-0.25, -0.2) is 9.59 Å². The standard InChI is InChI=1S/C19H38N2O4Si/c1-11-12-13-14-24-15(22)20-21-16(23)25-26(17(2,3)4,18(5,6)7)19(8,9)10/h11-14H2,1-10H3. The normalized spacial score (nSPS) is 13.8. The van der Waals surface area contributed by atoms with E-state index in [1.165, 1.54) is 0 Å². The number of ether oxygens (including phenoxy) is 1. The predicted octanol–water partition coefficient (Wildman–Crippen LogP) is 7.25. The van der Waals surface area contributed by atoms with Gasteiger partial charge in [0.15, 0.2) is 0 Å². The Morgan fingerprint density at radius 1 is 0.769 bits per heavy atom. The van der Waals surface area contributed by atoms with Crippen molar-refractivity contribution in [1.82, 2.24) is 0 Å². The summed E-state index contributed by atoms with van der Waals surface area (Å²) in [5.41, 5.74) is 0. The zero-order chi connectivity index (χ0) is 20.8. The van der Waals surface area contributed by atoms with E-state index < -0.39 is 20.5 Å². The van der Waals surface area contributed by atoms with Crippen LogP contribution in [0.25, 0.3) is 0 Å². The summed E-state index contributed by atoms with van der Waals surface area (Å²) in [6.07, 6.45) is 1.11. The Balaban J connectivity index is 5.35. The van der Waals surface area contributed by atoms with Gasteiger partial charge in [-0.05, 0) is 21.5 Å². The molecule has 0 rings (SSSR count). The molecule has 152 valence electrons. The van der Waals surface area contributed by atoms with Crippen LogP contribution in [-0.4, -0.2) is 27.1 Å². The summed E-state index contributed by atoms with van der Waals surface area (Å²) in [7, 11) is -2.73. The minimum absolute atomic E-state index is 0.227. The van der Waals surface area contributed by atoms with Crippen molar-refractivity contribution in [2.75, 3.05) is 6.61 Å².